The van der Waals surface area contributed by atoms with Crippen molar-refractivity contribution in [3.8, 4) is 11.3 Å². The molecule has 164 valence electrons. The van der Waals surface area contributed by atoms with Crippen LogP contribution in [0.25, 0.3) is 27.8 Å². The van der Waals surface area contributed by atoms with Crippen molar-refractivity contribution >= 4 is 22.5 Å². The van der Waals surface area contributed by atoms with Crippen LogP contribution in [0.2, 0.25) is 0 Å². The smallest absolute Gasteiger partial charge is 0.307 e. The second-order valence-electron chi connectivity index (χ2n) is 8.88. The van der Waals surface area contributed by atoms with E-state index in [-0.39, 0.29) is 23.4 Å². The van der Waals surface area contributed by atoms with E-state index in [4.69, 9.17) is 10.1 Å². The van der Waals surface area contributed by atoms with Crippen molar-refractivity contribution in [3.63, 3.8) is 0 Å². The molecule has 7 heteroatoms. The normalized spacial score (nSPS) is 23.5. The summed E-state index contributed by atoms with van der Waals surface area (Å²) in [5.41, 5.74) is 2.76. The molecule has 0 radical (unpaired) electrons. The van der Waals surface area contributed by atoms with Crippen LogP contribution in [-0.4, -0.2) is 30.7 Å². The summed E-state index contributed by atoms with van der Waals surface area (Å²) in [6, 6.07) is 15.2. The van der Waals surface area contributed by atoms with E-state index in [2.05, 4.69) is 18.0 Å². The molecule has 1 fully saturated rings. The summed E-state index contributed by atoms with van der Waals surface area (Å²) in [6.45, 7) is 2.07. The molecule has 6 rings (SSSR count). The van der Waals surface area contributed by atoms with Gasteiger partial charge in [-0.15, -0.1) is 0 Å². The molecule has 0 saturated heterocycles. The minimum absolute atomic E-state index is 0.0192. The molecule has 4 unspecified atom stereocenters. The fourth-order valence-corrected chi connectivity index (χ4v) is 5.46. The zero-order valence-electron chi connectivity index (χ0n) is 18.0. The Kier molecular flexibility index (Phi) is 4.40. The van der Waals surface area contributed by atoms with Gasteiger partial charge in [-0.05, 0) is 42.4 Å². The molecule has 1 saturated carbocycles. The first-order chi connectivity index (χ1) is 16.0. The Morgan fingerprint density at radius 1 is 1.06 bits per heavy atom. The van der Waals surface area contributed by atoms with Gasteiger partial charge in [0.1, 0.15) is 5.82 Å². The molecule has 2 aromatic carbocycles. The van der Waals surface area contributed by atoms with E-state index >= 15 is 0 Å². The van der Waals surface area contributed by atoms with E-state index in [0.29, 0.717) is 27.9 Å². The van der Waals surface area contributed by atoms with Crippen molar-refractivity contribution in [1.29, 1.82) is 0 Å². The van der Waals surface area contributed by atoms with Crippen LogP contribution in [0, 0.1) is 17.8 Å². The minimum Gasteiger partial charge on any atom is -0.481 e. The molecular formula is C26H22N4O3. The van der Waals surface area contributed by atoms with E-state index in [9.17, 15) is 14.7 Å². The first kappa shape index (κ1) is 19.8. The van der Waals surface area contributed by atoms with Gasteiger partial charge in [0.05, 0.1) is 11.4 Å². The van der Waals surface area contributed by atoms with Crippen molar-refractivity contribution in [1.82, 2.24) is 19.6 Å². The molecule has 33 heavy (non-hydrogen) atoms. The van der Waals surface area contributed by atoms with Crippen LogP contribution in [0.3, 0.4) is 0 Å². The van der Waals surface area contributed by atoms with Gasteiger partial charge >= 0.3 is 5.97 Å². The lowest BCUT2D eigenvalue weighted by Crippen LogP contribution is -2.29. The number of hydrogen-bond donors (Lipinski definition) is 1. The number of aryl methyl sites for hydroxylation is 1. The lowest BCUT2D eigenvalue weighted by molar-refractivity contribution is -0.143. The van der Waals surface area contributed by atoms with Crippen LogP contribution in [-0.2, 0) is 11.2 Å². The molecule has 2 bridgehead atoms. The number of carboxylic acids is 1. The number of rotatable bonds is 4. The number of allylic oxidation sites excluding steroid dienone is 2. The van der Waals surface area contributed by atoms with Crippen LogP contribution in [0.15, 0.2) is 65.5 Å². The topological polar surface area (TPSA) is 97.5 Å². The molecule has 0 aliphatic heterocycles. The Labute approximate surface area is 189 Å². The fraction of sp³-hybridized carbons (Fsp3) is 0.269. The van der Waals surface area contributed by atoms with Crippen molar-refractivity contribution in [2.75, 3.05) is 0 Å². The van der Waals surface area contributed by atoms with Crippen molar-refractivity contribution < 1.29 is 9.90 Å². The summed E-state index contributed by atoms with van der Waals surface area (Å²) in [6.07, 6.45) is 5.79. The van der Waals surface area contributed by atoms with Gasteiger partial charge in [-0.25, -0.2) is 4.98 Å². The number of para-hydroxylation sites is 1. The number of benzene rings is 2. The highest BCUT2D eigenvalue weighted by Crippen LogP contribution is 2.52. The third kappa shape index (κ3) is 2.99. The third-order valence-electron chi connectivity index (χ3n) is 7.09. The third-order valence-corrected chi connectivity index (χ3v) is 7.09. The molecule has 4 atom stereocenters. The Hall–Kier alpha value is -3.87. The largest absolute Gasteiger partial charge is 0.481 e. The molecule has 4 aromatic rings. The molecular weight excluding hydrogens is 416 g/mol. The van der Waals surface area contributed by atoms with Crippen LogP contribution in [0.5, 0.6) is 0 Å². The number of carboxylic acid groups (broad SMARTS) is 1. The minimum atomic E-state index is -0.829. The van der Waals surface area contributed by atoms with E-state index in [1.807, 2.05) is 54.6 Å². The second-order valence-corrected chi connectivity index (χ2v) is 8.88. The molecule has 2 aliphatic rings. The lowest BCUT2D eigenvalue weighted by atomic mass is 9.82. The second kappa shape index (κ2) is 7.33. The maximum absolute atomic E-state index is 13.1. The fourth-order valence-electron chi connectivity index (χ4n) is 5.46. The van der Waals surface area contributed by atoms with Crippen LogP contribution >= 0.6 is 0 Å². The Morgan fingerprint density at radius 2 is 1.82 bits per heavy atom. The Morgan fingerprint density at radius 3 is 2.58 bits per heavy atom. The molecule has 0 amide bonds. The maximum atomic E-state index is 13.1. The van der Waals surface area contributed by atoms with Gasteiger partial charge in [-0.3, -0.25) is 9.59 Å². The quantitative estimate of drug-likeness (QED) is 0.384. The molecule has 2 heterocycles. The number of aliphatic carboxylic acids is 1. The first-order valence-electron chi connectivity index (χ1n) is 11.3. The van der Waals surface area contributed by atoms with Crippen molar-refractivity contribution in [2.45, 2.75) is 25.7 Å². The summed E-state index contributed by atoms with van der Waals surface area (Å²) in [5, 5.41) is 15.5. The highest BCUT2D eigenvalue weighted by molar-refractivity contribution is 5.91. The van der Waals surface area contributed by atoms with Gasteiger partial charge < -0.3 is 5.11 Å². The SMILES string of the molecule is CCc1ccc(-c2nn3c(C4C5C=CC(C5)C4C(=O)O)nc4ccccc4c3nc2=O)cc1. The van der Waals surface area contributed by atoms with Gasteiger partial charge in [0.25, 0.3) is 5.56 Å². The van der Waals surface area contributed by atoms with Gasteiger partial charge in [-0.2, -0.15) is 14.6 Å². The average molecular weight is 438 g/mol. The predicted molar refractivity (Wildman–Crippen MR) is 124 cm³/mol. The number of fused-ring (bicyclic) bond motifs is 5. The standard InChI is InChI=1S/C26H22N4O3/c1-2-14-7-9-15(10-8-14)22-25(31)28-23-18-5-3-4-6-19(18)27-24(30(23)29-22)20-16-11-12-17(13-16)21(20)26(32)33/h3-12,16-17,20-21H,2,13H2,1H3,(H,32,33). The molecule has 1 N–H and O–H groups in total. The molecule has 0 spiro atoms. The monoisotopic (exact) mass is 438 g/mol. The van der Waals surface area contributed by atoms with Crippen LogP contribution in [0.4, 0.5) is 0 Å². The van der Waals surface area contributed by atoms with Gasteiger partial charge in [0, 0.05) is 16.9 Å². The lowest BCUT2D eigenvalue weighted by Gasteiger charge is -2.25. The van der Waals surface area contributed by atoms with Gasteiger partial charge in [0.2, 0.25) is 0 Å². The zero-order chi connectivity index (χ0) is 22.7. The molecule has 2 aliphatic carbocycles. The summed E-state index contributed by atoms with van der Waals surface area (Å²) in [4.78, 5) is 34.6. The first-order valence-corrected chi connectivity index (χ1v) is 11.3. The summed E-state index contributed by atoms with van der Waals surface area (Å²) in [7, 11) is 0. The Bertz CT molecular complexity index is 1510. The van der Waals surface area contributed by atoms with Gasteiger partial charge in [-0.1, -0.05) is 55.5 Å². The van der Waals surface area contributed by atoms with Crippen molar-refractivity contribution in [2.24, 2.45) is 17.8 Å². The summed E-state index contributed by atoms with van der Waals surface area (Å²) in [5.74, 6) is -1.14. The zero-order valence-corrected chi connectivity index (χ0v) is 18.0. The molecule has 7 nitrogen and oxygen atoms in total. The Balaban J connectivity index is 1.64. The van der Waals surface area contributed by atoms with E-state index in [1.54, 1.807) is 4.52 Å². The average Bonchev–Trinajstić information content (AvgIpc) is 3.45. The summed E-state index contributed by atoms with van der Waals surface area (Å²) >= 11 is 0. The van der Waals surface area contributed by atoms with Crippen LogP contribution in [0.1, 0.15) is 30.7 Å². The molecule has 2 aromatic heterocycles. The summed E-state index contributed by atoms with van der Waals surface area (Å²) < 4.78 is 1.61. The number of aromatic nitrogens is 4. The van der Waals surface area contributed by atoms with Gasteiger partial charge in [0.15, 0.2) is 11.3 Å². The van der Waals surface area contributed by atoms with Crippen LogP contribution < -0.4 is 5.56 Å². The number of nitrogens with zero attached hydrogens (tertiary/aromatic N) is 4. The highest BCUT2D eigenvalue weighted by Gasteiger charge is 2.50. The number of carbonyl (C=O) groups is 1. The van der Waals surface area contributed by atoms with E-state index in [1.165, 1.54) is 5.56 Å². The maximum Gasteiger partial charge on any atom is 0.307 e. The predicted octanol–water partition coefficient (Wildman–Crippen LogP) is 3.86. The van der Waals surface area contributed by atoms with E-state index in [0.717, 1.165) is 12.8 Å². The van der Waals surface area contributed by atoms with Crippen molar-refractivity contribution in [3.05, 3.63) is 82.4 Å². The number of hydrogen-bond acceptors (Lipinski definition) is 5. The highest BCUT2D eigenvalue weighted by atomic mass is 16.4. The van der Waals surface area contributed by atoms with E-state index < -0.39 is 17.4 Å².